The lowest BCUT2D eigenvalue weighted by atomic mass is 10.2. The molecule has 1 aromatic rings. The van der Waals surface area contributed by atoms with Gasteiger partial charge in [-0.1, -0.05) is 18.7 Å². The molecule has 0 aromatic carbocycles. The zero-order chi connectivity index (χ0) is 9.52. The van der Waals surface area contributed by atoms with Gasteiger partial charge in [-0.15, -0.1) is 0 Å². The van der Waals surface area contributed by atoms with Crippen LogP contribution in [0.15, 0.2) is 54.3 Å². The number of rotatable bonds is 3. The van der Waals surface area contributed by atoms with Crippen LogP contribution in [-0.2, 0) is 0 Å². The van der Waals surface area contributed by atoms with Crippen molar-refractivity contribution in [2.45, 2.75) is 6.92 Å². The molecule has 0 saturated heterocycles. The predicted octanol–water partition coefficient (Wildman–Crippen LogP) is 2.59. The standard InChI is InChI=1S/C11H12N2/c1-3-7-10(12-4-2)11-8-5-6-9-13-11/h3-9H,2H2,1H3/b7-3-,12-10+. The van der Waals surface area contributed by atoms with Gasteiger partial charge in [-0.25, -0.2) is 0 Å². The first-order valence-corrected chi connectivity index (χ1v) is 4.11. The van der Waals surface area contributed by atoms with E-state index in [1.165, 1.54) is 6.20 Å². The minimum atomic E-state index is 0.832. The smallest absolute Gasteiger partial charge is 0.0885 e. The summed E-state index contributed by atoms with van der Waals surface area (Å²) in [5, 5.41) is 0. The van der Waals surface area contributed by atoms with Crippen LogP contribution >= 0.6 is 0 Å². The quantitative estimate of drug-likeness (QED) is 0.643. The number of nitrogens with zero attached hydrogens (tertiary/aromatic N) is 2. The summed E-state index contributed by atoms with van der Waals surface area (Å²) in [5.74, 6) is 0. The average Bonchev–Trinajstić information content (AvgIpc) is 2.19. The highest BCUT2D eigenvalue weighted by atomic mass is 14.8. The molecule has 0 radical (unpaired) electrons. The van der Waals surface area contributed by atoms with Crippen molar-refractivity contribution < 1.29 is 0 Å². The minimum Gasteiger partial charge on any atom is -0.255 e. The van der Waals surface area contributed by atoms with Gasteiger partial charge in [0.2, 0.25) is 0 Å². The molecule has 13 heavy (non-hydrogen) atoms. The third kappa shape index (κ3) is 2.67. The van der Waals surface area contributed by atoms with Gasteiger partial charge in [0.15, 0.2) is 0 Å². The van der Waals surface area contributed by atoms with Gasteiger partial charge in [-0.3, -0.25) is 9.98 Å². The molecule has 0 unspecified atom stereocenters. The SMILES string of the molecule is C=C/N=C(\C=C/C)c1ccccn1. The van der Waals surface area contributed by atoms with Crippen LogP contribution in [-0.4, -0.2) is 10.7 Å². The maximum Gasteiger partial charge on any atom is 0.0885 e. The van der Waals surface area contributed by atoms with Gasteiger partial charge in [-0.2, -0.15) is 0 Å². The zero-order valence-corrected chi connectivity index (χ0v) is 7.64. The second-order valence-corrected chi connectivity index (χ2v) is 2.41. The Morgan fingerprint density at radius 2 is 2.38 bits per heavy atom. The van der Waals surface area contributed by atoms with E-state index < -0.39 is 0 Å². The Balaban J connectivity index is 3.03. The highest BCUT2D eigenvalue weighted by Crippen LogP contribution is 1.98. The van der Waals surface area contributed by atoms with Gasteiger partial charge in [0.1, 0.15) is 0 Å². The van der Waals surface area contributed by atoms with E-state index in [9.17, 15) is 0 Å². The predicted molar refractivity (Wildman–Crippen MR) is 55.8 cm³/mol. The number of aliphatic imine (C=N–C) groups is 1. The van der Waals surface area contributed by atoms with E-state index in [0.717, 1.165) is 11.4 Å². The Morgan fingerprint density at radius 3 is 2.92 bits per heavy atom. The van der Waals surface area contributed by atoms with E-state index in [1.54, 1.807) is 6.20 Å². The lowest BCUT2D eigenvalue weighted by Gasteiger charge is -1.97. The van der Waals surface area contributed by atoms with Gasteiger partial charge >= 0.3 is 0 Å². The Hall–Kier alpha value is -1.70. The highest BCUT2D eigenvalue weighted by molar-refractivity contribution is 6.07. The monoisotopic (exact) mass is 172 g/mol. The molecule has 66 valence electrons. The summed E-state index contributed by atoms with van der Waals surface area (Å²) < 4.78 is 0. The third-order valence-electron chi connectivity index (χ3n) is 1.48. The Morgan fingerprint density at radius 1 is 1.54 bits per heavy atom. The fourth-order valence-electron chi connectivity index (χ4n) is 0.965. The summed E-state index contributed by atoms with van der Waals surface area (Å²) in [6.45, 7) is 5.51. The van der Waals surface area contributed by atoms with Crippen LogP contribution < -0.4 is 0 Å². The Bertz CT molecular complexity index is 323. The lowest BCUT2D eigenvalue weighted by molar-refractivity contribution is 1.29. The van der Waals surface area contributed by atoms with E-state index in [2.05, 4.69) is 16.6 Å². The molecule has 0 aliphatic heterocycles. The van der Waals surface area contributed by atoms with Gasteiger partial charge < -0.3 is 0 Å². The second kappa shape index (κ2) is 5.04. The zero-order valence-electron chi connectivity index (χ0n) is 7.64. The molecule has 0 aliphatic rings. The van der Waals surface area contributed by atoms with Crippen LogP contribution in [0.4, 0.5) is 0 Å². The number of allylic oxidation sites excluding steroid dienone is 2. The van der Waals surface area contributed by atoms with E-state index in [-0.39, 0.29) is 0 Å². The van der Waals surface area contributed by atoms with Crippen molar-refractivity contribution in [2.75, 3.05) is 0 Å². The highest BCUT2D eigenvalue weighted by Gasteiger charge is 1.97. The number of pyridine rings is 1. The second-order valence-electron chi connectivity index (χ2n) is 2.41. The number of aromatic nitrogens is 1. The van der Waals surface area contributed by atoms with E-state index in [0.29, 0.717) is 0 Å². The summed E-state index contributed by atoms with van der Waals surface area (Å²) >= 11 is 0. The molecule has 0 atom stereocenters. The van der Waals surface area contributed by atoms with E-state index in [4.69, 9.17) is 0 Å². The van der Waals surface area contributed by atoms with Crippen LogP contribution in [0, 0.1) is 0 Å². The molecule has 2 heteroatoms. The van der Waals surface area contributed by atoms with Crippen molar-refractivity contribution in [2.24, 2.45) is 4.99 Å². The molecule has 0 spiro atoms. The van der Waals surface area contributed by atoms with Crippen LogP contribution in [0.2, 0.25) is 0 Å². The summed E-state index contributed by atoms with van der Waals surface area (Å²) in [4.78, 5) is 8.30. The van der Waals surface area contributed by atoms with Crippen LogP contribution in [0.5, 0.6) is 0 Å². The third-order valence-corrected chi connectivity index (χ3v) is 1.48. The topological polar surface area (TPSA) is 25.2 Å². The van der Waals surface area contributed by atoms with Crippen LogP contribution in [0.1, 0.15) is 12.6 Å². The first-order valence-electron chi connectivity index (χ1n) is 4.11. The number of hydrogen-bond acceptors (Lipinski definition) is 2. The van der Waals surface area contributed by atoms with Gasteiger partial charge in [0.25, 0.3) is 0 Å². The minimum absolute atomic E-state index is 0.832. The first kappa shape index (κ1) is 9.39. The summed E-state index contributed by atoms with van der Waals surface area (Å²) in [7, 11) is 0. The van der Waals surface area contributed by atoms with Crippen molar-refractivity contribution >= 4 is 5.71 Å². The fourth-order valence-corrected chi connectivity index (χ4v) is 0.965. The molecule has 2 nitrogen and oxygen atoms in total. The van der Waals surface area contributed by atoms with Crippen molar-refractivity contribution in [1.29, 1.82) is 0 Å². The molecule has 1 rings (SSSR count). The maximum atomic E-state index is 4.19. The largest absolute Gasteiger partial charge is 0.255 e. The normalized spacial score (nSPS) is 11.9. The average molecular weight is 172 g/mol. The van der Waals surface area contributed by atoms with Crippen molar-refractivity contribution in [3.05, 3.63) is 55.0 Å². The molecule has 0 fully saturated rings. The molecular formula is C11H12N2. The van der Waals surface area contributed by atoms with Gasteiger partial charge in [0.05, 0.1) is 11.4 Å². The molecule has 1 aromatic heterocycles. The van der Waals surface area contributed by atoms with Crippen LogP contribution in [0.3, 0.4) is 0 Å². The lowest BCUT2D eigenvalue weighted by Crippen LogP contribution is -1.98. The molecule has 0 aliphatic carbocycles. The summed E-state index contributed by atoms with van der Waals surface area (Å²) in [6.07, 6.45) is 7.10. The van der Waals surface area contributed by atoms with Crippen LogP contribution in [0.25, 0.3) is 0 Å². The molecule has 0 amide bonds. The molecule has 0 saturated carbocycles. The molecular weight excluding hydrogens is 160 g/mol. The van der Waals surface area contributed by atoms with Gasteiger partial charge in [0, 0.05) is 12.4 Å². The molecule has 0 bridgehead atoms. The first-order chi connectivity index (χ1) is 6.38. The molecule has 0 N–H and O–H groups in total. The fraction of sp³-hybridized carbons (Fsp3) is 0.0909. The van der Waals surface area contributed by atoms with Gasteiger partial charge in [-0.05, 0) is 25.1 Å². The molecule has 1 heterocycles. The van der Waals surface area contributed by atoms with Crippen molar-refractivity contribution in [3.8, 4) is 0 Å². The summed E-state index contributed by atoms with van der Waals surface area (Å²) in [6, 6.07) is 5.73. The maximum absolute atomic E-state index is 4.19. The summed E-state index contributed by atoms with van der Waals surface area (Å²) in [5.41, 5.74) is 1.69. The van der Waals surface area contributed by atoms with E-state index >= 15 is 0 Å². The Kier molecular flexibility index (Phi) is 3.64. The Labute approximate surface area is 78.4 Å². The van der Waals surface area contributed by atoms with Crippen molar-refractivity contribution in [1.82, 2.24) is 4.98 Å². The number of hydrogen-bond donors (Lipinski definition) is 0. The van der Waals surface area contributed by atoms with Crippen molar-refractivity contribution in [3.63, 3.8) is 0 Å². The van der Waals surface area contributed by atoms with E-state index in [1.807, 2.05) is 37.3 Å².